The van der Waals surface area contributed by atoms with Crippen LogP contribution < -0.4 is 5.73 Å². The van der Waals surface area contributed by atoms with Crippen molar-refractivity contribution in [1.82, 2.24) is 0 Å². The molecule has 1 aliphatic rings. The predicted molar refractivity (Wildman–Crippen MR) is 125 cm³/mol. The Balaban J connectivity index is 1.41. The number of aliphatic hydroxyl groups is 1. The molecule has 1 saturated heterocycles. The van der Waals surface area contributed by atoms with Crippen molar-refractivity contribution in [2.75, 3.05) is 6.61 Å². The maximum absolute atomic E-state index is 11.0. The van der Waals surface area contributed by atoms with E-state index in [4.69, 9.17) is 24.7 Å². The van der Waals surface area contributed by atoms with E-state index in [1.807, 2.05) is 91.0 Å². The standard InChI is InChI=1S/C27H31NO5/c28-24-26(31-17-21-12-6-2-7-13-21)25(29)23(19-30-16-20-10-4-1-5-11-20)33-27(24)32-18-22-14-8-3-9-15-22/h1-15,23-27,29H,16-19,28H2. The van der Waals surface area contributed by atoms with Crippen molar-refractivity contribution in [3.8, 4) is 0 Å². The number of nitrogens with two attached hydrogens (primary N) is 1. The summed E-state index contributed by atoms with van der Waals surface area (Å²) in [6.07, 6.45) is -2.98. The molecule has 3 aromatic rings. The molecule has 0 bridgehead atoms. The van der Waals surface area contributed by atoms with Crippen molar-refractivity contribution in [1.29, 1.82) is 0 Å². The Labute approximate surface area is 194 Å². The average Bonchev–Trinajstić information content (AvgIpc) is 2.86. The zero-order chi connectivity index (χ0) is 22.9. The number of benzene rings is 3. The van der Waals surface area contributed by atoms with E-state index >= 15 is 0 Å². The maximum Gasteiger partial charge on any atom is 0.176 e. The highest BCUT2D eigenvalue weighted by Crippen LogP contribution is 2.25. The van der Waals surface area contributed by atoms with E-state index in [0.717, 1.165) is 16.7 Å². The van der Waals surface area contributed by atoms with Crippen molar-refractivity contribution >= 4 is 0 Å². The molecule has 0 saturated carbocycles. The van der Waals surface area contributed by atoms with Crippen LogP contribution in [0, 0.1) is 0 Å². The molecular formula is C27H31NO5. The van der Waals surface area contributed by atoms with E-state index in [1.54, 1.807) is 0 Å². The molecule has 1 aliphatic heterocycles. The minimum Gasteiger partial charge on any atom is -0.388 e. The third-order valence-electron chi connectivity index (χ3n) is 5.66. The first-order valence-corrected chi connectivity index (χ1v) is 11.2. The van der Waals surface area contributed by atoms with Gasteiger partial charge in [-0.05, 0) is 16.7 Å². The minimum absolute atomic E-state index is 0.194. The van der Waals surface area contributed by atoms with Crippen LogP contribution in [0.3, 0.4) is 0 Å². The van der Waals surface area contributed by atoms with Gasteiger partial charge in [-0.3, -0.25) is 0 Å². The first-order chi connectivity index (χ1) is 16.2. The predicted octanol–water partition coefficient (Wildman–Crippen LogP) is 3.42. The average molecular weight is 450 g/mol. The summed E-state index contributed by atoms with van der Waals surface area (Å²) < 4.78 is 24.0. The molecule has 5 atom stereocenters. The first-order valence-electron chi connectivity index (χ1n) is 11.2. The number of ether oxygens (including phenoxy) is 4. The normalized spacial score (nSPS) is 25.1. The number of hydrogen-bond acceptors (Lipinski definition) is 6. The van der Waals surface area contributed by atoms with E-state index in [1.165, 1.54) is 0 Å². The smallest absolute Gasteiger partial charge is 0.176 e. The highest BCUT2D eigenvalue weighted by Gasteiger charge is 2.45. The number of hydrogen-bond donors (Lipinski definition) is 2. The van der Waals surface area contributed by atoms with Crippen molar-refractivity contribution in [2.24, 2.45) is 5.73 Å². The Hall–Kier alpha value is -2.58. The Kier molecular flexibility index (Phi) is 8.60. The van der Waals surface area contributed by atoms with Crippen LogP contribution in [0.25, 0.3) is 0 Å². The van der Waals surface area contributed by atoms with E-state index in [9.17, 15) is 5.11 Å². The summed E-state index contributed by atoms with van der Waals surface area (Å²) in [6.45, 7) is 1.29. The monoisotopic (exact) mass is 449 g/mol. The summed E-state index contributed by atoms with van der Waals surface area (Å²) >= 11 is 0. The van der Waals surface area contributed by atoms with Crippen LogP contribution in [0.4, 0.5) is 0 Å². The van der Waals surface area contributed by atoms with Gasteiger partial charge in [0.05, 0.1) is 32.5 Å². The molecular weight excluding hydrogens is 418 g/mol. The van der Waals surface area contributed by atoms with E-state index < -0.39 is 30.6 Å². The van der Waals surface area contributed by atoms with Gasteiger partial charge in [-0.15, -0.1) is 0 Å². The van der Waals surface area contributed by atoms with Gasteiger partial charge in [0, 0.05) is 0 Å². The van der Waals surface area contributed by atoms with Crippen molar-refractivity contribution in [3.05, 3.63) is 108 Å². The van der Waals surface area contributed by atoms with Gasteiger partial charge in [0.2, 0.25) is 0 Å². The lowest BCUT2D eigenvalue weighted by Crippen LogP contribution is -2.63. The second-order valence-corrected chi connectivity index (χ2v) is 8.17. The zero-order valence-electron chi connectivity index (χ0n) is 18.5. The molecule has 0 aliphatic carbocycles. The fraction of sp³-hybridized carbons (Fsp3) is 0.333. The molecule has 0 aromatic heterocycles. The molecule has 4 rings (SSSR count). The largest absolute Gasteiger partial charge is 0.388 e. The van der Waals surface area contributed by atoms with Crippen LogP contribution in [0.2, 0.25) is 0 Å². The molecule has 5 unspecified atom stereocenters. The molecule has 174 valence electrons. The highest BCUT2D eigenvalue weighted by atomic mass is 16.7. The molecule has 3 N–H and O–H groups in total. The Morgan fingerprint density at radius 2 is 1.18 bits per heavy atom. The lowest BCUT2D eigenvalue weighted by Gasteiger charge is -2.43. The highest BCUT2D eigenvalue weighted by molar-refractivity contribution is 5.15. The van der Waals surface area contributed by atoms with Crippen molar-refractivity contribution < 1.29 is 24.1 Å². The Bertz CT molecular complexity index is 941. The van der Waals surface area contributed by atoms with Gasteiger partial charge in [-0.1, -0.05) is 91.0 Å². The summed E-state index contributed by atoms with van der Waals surface area (Å²) in [4.78, 5) is 0. The minimum atomic E-state index is -0.948. The molecule has 6 nitrogen and oxygen atoms in total. The summed E-state index contributed by atoms with van der Waals surface area (Å²) in [6, 6.07) is 28.8. The molecule has 0 spiro atoms. The van der Waals surface area contributed by atoms with Crippen LogP contribution in [0.15, 0.2) is 91.0 Å². The quantitative estimate of drug-likeness (QED) is 0.494. The van der Waals surface area contributed by atoms with Crippen LogP contribution in [-0.2, 0) is 38.8 Å². The summed E-state index contributed by atoms with van der Waals surface area (Å²) in [5.41, 5.74) is 9.51. The van der Waals surface area contributed by atoms with Crippen LogP contribution in [-0.4, -0.2) is 42.4 Å². The first kappa shape index (κ1) is 23.6. The van der Waals surface area contributed by atoms with Gasteiger partial charge in [0.25, 0.3) is 0 Å². The summed E-state index contributed by atoms with van der Waals surface area (Å²) in [7, 11) is 0. The van der Waals surface area contributed by atoms with Crippen molar-refractivity contribution in [3.63, 3.8) is 0 Å². The summed E-state index contributed by atoms with van der Waals surface area (Å²) in [5, 5.41) is 11.0. The molecule has 3 aromatic carbocycles. The summed E-state index contributed by atoms with van der Waals surface area (Å²) in [5.74, 6) is 0. The third-order valence-corrected chi connectivity index (χ3v) is 5.66. The number of rotatable bonds is 10. The van der Waals surface area contributed by atoms with Crippen LogP contribution in [0.1, 0.15) is 16.7 Å². The van der Waals surface area contributed by atoms with Crippen molar-refractivity contribution in [2.45, 2.75) is 50.5 Å². The van der Waals surface area contributed by atoms with Gasteiger partial charge < -0.3 is 29.8 Å². The van der Waals surface area contributed by atoms with E-state index in [0.29, 0.717) is 19.8 Å². The van der Waals surface area contributed by atoms with Gasteiger partial charge >= 0.3 is 0 Å². The van der Waals surface area contributed by atoms with Crippen LogP contribution >= 0.6 is 0 Å². The molecule has 33 heavy (non-hydrogen) atoms. The molecule has 0 amide bonds. The lowest BCUT2D eigenvalue weighted by atomic mass is 9.97. The van der Waals surface area contributed by atoms with Gasteiger partial charge in [-0.2, -0.15) is 0 Å². The van der Waals surface area contributed by atoms with Gasteiger partial charge in [0.1, 0.15) is 18.3 Å². The SMILES string of the molecule is NC1C(OCc2ccccc2)OC(COCc2ccccc2)C(O)C1OCc1ccccc1. The molecule has 1 heterocycles. The Morgan fingerprint density at radius 1 is 0.697 bits per heavy atom. The molecule has 0 radical (unpaired) electrons. The van der Waals surface area contributed by atoms with E-state index in [-0.39, 0.29) is 6.61 Å². The molecule has 6 heteroatoms. The third kappa shape index (κ3) is 6.71. The maximum atomic E-state index is 11.0. The van der Waals surface area contributed by atoms with Gasteiger partial charge in [0.15, 0.2) is 6.29 Å². The second-order valence-electron chi connectivity index (χ2n) is 8.17. The number of aliphatic hydroxyl groups excluding tert-OH is 1. The fourth-order valence-electron chi connectivity index (χ4n) is 3.82. The van der Waals surface area contributed by atoms with Gasteiger partial charge in [-0.25, -0.2) is 0 Å². The molecule has 1 fully saturated rings. The fourth-order valence-corrected chi connectivity index (χ4v) is 3.82. The van der Waals surface area contributed by atoms with Crippen LogP contribution in [0.5, 0.6) is 0 Å². The Morgan fingerprint density at radius 3 is 1.73 bits per heavy atom. The lowest BCUT2D eigenvalue weighted by molar-refractivity contribution is -0.280. The second kappa shape index (κ2) is 12.0. The zero-order valence-corrected chi connectivity index (χ0v) is 18.5. The topological polar surface area (TPSA) is 83.2 Å². The van der Waals surface area contributed by atoms with E-state index in [2.05, 4.69) is 0 Å².